The van der Waals surface area contributed by atoms with Crippen LogP contribution in [0.2, 0.25) is 10.0 Å². The minimum Gasteiger partial charge on any atom is -0.382 e. The van der Waals surface area contributed by atoms with Crippen LogP contribution in [0.4, 0.5) is 16.0 Å². The second-order valence-corrected chi connectivity index (χ2v) is 3.12. The lowest BCUT2D eigenvalue weighted by atomic mass is 10.4. The third kappa shape index (κ3) is 2.60. The number of nitrogen functional groups attached to an aromatic ring is 1. The first-order valence-corrected chi connectivity index (χ1v) is 4.32. The average Bonchev–Trinajstić information content (AvgIpc) is 2.09. The highest BCUT2D eigenvalue weighted by Gasteiger charge is 2.05. The van der Waals surface area contributed by atoms with Gasteiger partial charge in [-0.3, -0.25) is 0 Å². The number of hydrogen-bond acceptors (Lipinski definition) is 3. The highest BCUT2D eigenvalue weighted by molar-refractivity contribution is 6.37. The number of rotatable bonds is 3. The minimum atomic E-state index is -0.499. The molecule has 0 aliphatic heterocycles. The minimum absolute atomic E-state index is 0.147. The Hall–Kier alpha value is -0.740. The molecule has 0 saturated heterocycles. The van der Waals surface area contributed by atoms with Gasteiger partial charge in [-0.25, -0.2) is 9.37 Å². The summed E-state index contributed by atoms with van der Waals surface area (Å²) in [5, 5.41) is 3.29. The van der Waals surface area contributed by atoms with Crippen LogP contribution in [0.3, 0.4) is 0 Å². The normalized spacial score (nSPS) is 10.1. The smallest absolute Gasteiger partial charge is 0.147 e. The molecule has 1 aromatic heterocycles. The third-order valence-corrected chi connectivity index (χ3v) is 1.93. The van der Waals surface area contributed by atoms with Crippen molar-refractivity contribution in [1.82, 2.24) is 4.98 Å². The van der Waals surface area contributed by atoms with Gasteiger partial charge in [0, 0.05) is 6.54 Å². The summed E-state index contributed by atoms with van der Waals surface area (Å²) in [6, 6.07) is 1.46. The third-order valence-electron chi connectivity index (χ3n) is 1.34. The molecular weight excluding hydrogens is 216 g/mol. The first kappa shape index (κ1) is 10.3. The predicted molar refractivity (Wildman–Crippen MR) is 53.1 cm³/mol. The number of alkyl halides is 1. The number of nitrogens with one attached hydrogen (secondary N) is 1. The highest BCUT2D eigenvalue weighted by Crippen LogP contribution is 2.26. The molecule has 13 heavy (non-hydrogen) atoms. The van der Waals surface area contributed by atoms with Crippen LogP contribution in [0.1, 0.15) is 0 Å². The fourth-order valence-corrected chi connectivity index (χ4v) is 1.20. The van der Waals surface area contributed by atoms with Gasteiger partial charge < -0.3 is 11.1 Å². The molecule has 0 saturated carbocycles. The van der Waals surface area contributed by atoms with Gasteiger partial charge in [0.2, 0.25) is 0 Å². The summed E-state index contributed by atoms with van der Waals surface area (Å²) < 4.78 is 11.8. The van der Waals surface area contributed by atoms with E-state index in [1.807, 2.05) is 0 Å². The van der Waals surface area contributed by atoms with E-state index in [9.17, 15) is 4.39 Å². The van der Waals surface area contributed by atoms with Crippen molar-refractivity contribution >= 4 is 34.8 Å². The van der Waals surface area contributed by atoms with Crippen LogP contribution in [0.5, 0.6) is 0 Å². The van der Waals surface area contributed by atoms with E-state index >= 15 is 0 Å². The first-order chi connectivity index (χ1) is 6.15. The topological polar surface area (TPSA) is 50.9 Å². The second kappa shape index (κ2) is 4.48. The number of nitrogens with zero attached hydrogens (tertiary/aromatic N) is 1. The number of pyridine rings is 1. The Kier molecular flexibility index (Phi) is 3.57. The molecule has 0 spiro atoms. The van der Waals surface area contributed by atoms with Crippen LogP contribution in [-0.4, -0.2) is 18.2 Å². The van der Waals surface area contributed by atoms with Crippen molar-refractivity contribution in [2.45, 2.75) is 0 Å². The molecular formula is C7H8Cl2FN3. The molecule has 0 aromatic carbocycles. The largest absolute Gasteiger partial charge is 0.382 e. The summed E-state index contributed by atoms with van der Waals surface area (Å²) in [7, 11) is 0. The van der Waals surface area contributed by atoms with Gasteiger partial charge in [-0.15, -0.1) is 0 Å². The Labute approximate surface area is 85.0 Å². The summed E-state index contributed by atoms with van der Waals surface area (Å²) in [6.45, 7) is -0.353. The number of anilines is 2. The first-order valence-electron chi connectivity index (χ1n) is 3.56. The predicted octanol–water partition coefficient (Wildman–Crippen LogP) is 2.35. The van der Waals surface area contributed by atoms with Crippen molar-refractivity contribution in [3.8, 4) is 0 Å². The molecule has 0 aliphatic carbocycles. The molecule has 1 heterocycles. The van der Waals surface area contributed by atoms with Gasteiger partial charge in [-0.05, 0) is 6.07 Å². The van der Waals surface area contributed by atoms with E-state index in [1.165, 1.54) is 6.07 Å². The molecule has 0 atom stereocenters. The van der Waals surface area contributed by atoms with E-state index < -0.39 is 6.67 Å². The Morgan fingerprint density at radius 3 is 2.77 bits per heavy atom. The van der Waals surface area contributed by atoms with E-state index in [4.69, 9.17) is 28.9 Å². The zero-order valence-corrected chi connectivity index (χ0v) is 8.16. The molecule has 3 nitrogen and oxygen atoms in total. The fraction of sp³-hybridized carbons (Fsp3) is 0.286. The number of halogens is 3. The number of nitrogens with two attached hydrogens (primary N) is 1. The van der Waals surface area contributed by atoms with Crippen LogP contribution in [0.25, 0.3) is 0 Å². The lowest BCUT2D eigenvalue weighted by molar-refractivity contribution is 0.512. The Balaban J connectivity index is 2.88. The van der Waals surface area contributed by atoms with E-state index in [0.717, 1.165) is 0 Å². The van der Waals surface area contributed by atoms with E-state index in [-0.39, 0.29) is 17.4 Å². The maximum absolute atomic E-state index is 11.8. The molecule has 72 valence electrons. The molecule has 0 bridgehead atoms. The molecule has 0 amide bonds. The lowest BCUT2D eigenvalue weighted by Gasteiger charge is -2.06. The molecule has 1 aromatic rings. The summed E-state index contributed by atoms with van der Waals surface area (Å²) in [4.78, 5) is 3.85. The average molecular weight is 224 g/mol. The quantitative estimate of drug-likeness (QED) is 0.828. The highest BCUT2D eigenvalue weighted by atomic mass is 35.5. The Morgan fingerprint density at radius 2 is 2.15 bits per heavy atom. The maximum atomic E-state index is 11.8. The number of hydrogen-bond donors (Lipinski definition) is 2. The molecule has 3 N–H and O–H groups in total. The van der Waals surface area contributed by atoms with E-state index in [2.05, 4.69) is 10.3 Å². The van der Waals surface area contributed by atoms with E-state index in [1.54, 1.807) is 0 Å². The van der Waals surface area contributed by atoms with Gasteiger partial charge in [-0.1, -0.05) is 23.2 Å². The zero-order valence-electron chi connectivity index (χ0n) is 6.65. The molecule has 6 heteroatoms. The second-order valence-electron chi connectivity index (χ2n) is 2.30. The standard InChI is InChI=1S/C7H8Cl2FN3/c8-4-3-5(9)7(12-2-1-10)13-6(4)11/h3H,1-2H2,(H3,11,12,13). The number of aromatic nitrogens is 1. The molecule has 1 rings (SSSR count). The zero-order chi connectivity index (χ0) is 9.84. The Bertz CT molecular complexity index is 306. The fourth-order valence-electron chi connectivity index (χ4n) is 0.770. The van der Waals surface area contributed by atoms with Gasteiger partial charge in [0.1, 0.15) is 18.3 Å². The summed E-state index contributed by atoms with van der Waals surface area (Å²) in [5.74, 6) is 0.522. The SMILES string of the molecule is Nc1nc(NCCF)c(Cl)cc1Cl. The lowest BCUT2D eigenvalue weighted by Crippen LogP contribution is -2.06. The van der Waals surface area contributed by atoms with Crippen molar-refractivity contribution in [2.75, 3.05) is 24.3 Å². The van der Waals surface area contributed by atoms with Crippen LogP contribution in [-0.2, 0) is 0 Å². The van der Waals surface area contributed by atoms with Gasteiger partial charge in [0.15, 0.2) is 0 Å². The van der Waals surface area contributed by atoms with Crippen molar-refractivity contribution in [3.63, 3.8) is 0 Å². The van der Waals surface area contributed by atoms with Crippen LogP contribution < -0.4 is 11.1 Å². The Morgan fingerprint density at radius 1 is 1.46 bits per heavy atom. The van der Waals surface area contributed by atoms with Crippen molar-refractivity contribution in [1.29, 1.82) is 0 Å². The summed E-state index contributed by atoms with van der Waals surface area (Å²) >= 11 is 11.4. The van der Waals surface area contributed by atoms with E-state index in [0.29, 0.717) is 10.8 Å². The van der Waals surface area contributed by atoms with Crippen molar-refractivity contribution in [3.05, 3.63) is 16.1 Å². The van der Waals surface area contributed by atoms with Crippen molar-refractivity contribution in [2.24, 2.45) is 0 Å². The van der Waals surface area contributed by atoms with Gasteiger partial charge >= 0.3 is 0 Å². The molecule has 0 aliphatic rings. The molecule has 0 radical (unpaired) electrons. The van der Waals surface area contributed by atoms with Crippen LogP contribution in [0, 0.1) is 0 Å². The summed E-state index contributed by atoms with van der Waals surface area (Å²) in [5.41, 5.74) is 5.43. The van der Waals surface area contributed by atoms with Gasteiger partial charge in [0.05, 0.1) is 10.0 Å². The monoisotopic (exact) mass is 223 g/mol. The van der Waals surface area contributed by atoms with Gasteiger partial charge in [0.25, 0.3) is 0 Å². The molecule has 0 unspecified atom stereocenters. The molecule has 0 fully saturated rings. The van der Waals surface area contributed by atoms with Crippen LogP contribution >= 0.6 is 23.2 Å². The van der Waals surface area contributed by atoms with Gasteiger partial charge in [-0.2, -0.15) is 0 Å². The van der Waals surface area contributed by atoms with Crippen molar-refractivity contribution < 1.29 is 4.39 Å². The summed E-state index contributed by atoms with van der Waals surface area (Å²) in [6.07, 6.45) is 0. The van der Waals surface area contributed by atoms with Crippen LogP contribution in [0.15, 0.2) is 6.07 Å². The maximum Gasteiger partial charge on any atom is 0.147 e.